The molecule has 1 heterocycles. The first-order valence-electron chi connectivity index (χ1n) is 5.29. The van der Waals surface area contributed by atoms with Crippen LogP contribution < -0.4 is 5.32 Å². The molecule has 1 fully saturated rings. The molecule has 100 valence electrons. The summed E-state index contributed by atoms with van der Waals surface area (Å²) in [6.45, 7) is -0.324. The Balaban J connectivity index is 2.18. The maximum atomic E-state index is 11.4. The summed E-state index contributed by atoms with van der Waals surface area (Å²) in [6.07, 6.45) is -0.350. The van der Waals surface area contributed by atoms with Crippen molar-refractivity contribution in [2.45, 2.75) is 18.6 Å². The van der Waals surface area contributed by atoms with Crippen LogP contribution in [0.25, 0.3) is 0 Å². The van der Waals surface area contributed by atoms with E-state index >= 15 is 0 Å². The van der Waals surface area contributed by atoms with E-state index in [2.05, 4.69) is 5.32 Å². The standard InChI is InChI=1S/C9H17NO5S2/c11-3-8(12)4-16-5-9(13)10-7-1-2-17(14,15)6-7/h7-8,11-12H,1-6H2,(H,10,13). The van der Waals surface area contributed by atoms with Gasteiger partial charge in [-0.2, -0.15) is 0 Å². The highest BCUT2D eigenvalue weighted by atomic mass is 32.2. The average Bonchev–Trinajstić information content (AvgIpc) is 2.57. The summed E-state index contributed by atoms with van der Waals surface area (Å²) in [4.78, 5) is 11.4. The normalized spacial score (nSPS) is 24.5. The second-order valence-corrected chi connectivity index (χ2v) is 7.28. The quantitative estimate of drug-likeness (QED) is 0.541. The van der Waals surface area contributed by atoms with Gasteiger partial charge >= 0.3 is 0 Å². The van der Waals surface area contributed by atoms with Gasteiger partial charge in [0.05, 0.1) is 30.0 Å². The molecule has 0 saturated carbocycles. The van der Waals surface area contributed by atoms with E-state index in [1.54, 1.807) is 0 Å². The number of nitrogens with one attached hydrogen (secondary N) is 1. The molecule has 0 aromatic carbocycles. The molecule has 2 atom stereocenters. The minimum Gasteiger partial charge on any atom is -0.394 e. The van der Waals surface area contributed by atoms with Gasteiger partial charge in [0.1, 0.15) is 0 Å². The molecule has 0 aliphatic carbocycles. The fourth-order valence-electron chi connectivity index (χ4n) is 1.52. The summed E-state index contributed by atoms with van der Waals surface area (Å²) in [6, 6.07) is -0.282. The van der Waals surface area contributed by atoms with E-state index in [0.29, 0.717) is 6.42 Å². The molecule has 8 heteroatoms. The largest absolute Gasteiger partial charge is 0.394 e. The fraction of sp³-hybridized carbons (Fsp3) is 0.889. The van der Waals surface area contributed by atoms with Gasteiger partial charge in [0, 0.05) is 11.8 Å². The van der Waals surface area contributed by atoms with Gasteiger partial charge in [-0.3, -0.25) is 4.79 Å². The number of aliphatic hydroxyl groups excluding tert-OH is 2. The van der Waals surface area contributed by atoms with E-state index < -0.39 is 15.9 Å². The number of hydrogen-bond acceptors (Lipinski definition) is 6. The van der Waals surface area contributed by atoms with Crippen LogP contribution in [0.2, 0.25) is 0 Å². The Morgan fingerprint density at radius 1 is 1.53 bits per heavy atom. The smallest absolute Gasteiger partial charge is 0.230 e. The second-order valence-electron chi connectivity index (χ2n) is 4.02. The van der Waals surface area contributed by atoms with Crippen molar-refractivity contribution in [1.82, 2.24) is 5.32 Å². The molecule has 2 unspecified atom stereocenters. The van der Waals surface area contributed by atoms with Crippen LogP contribution in [0.5, 0.6) is 0 Å². The fourth-order valence-corrected chi connectivity index (χ4v) is 3.96. The van der Waals surface area contributed by atoms with Crippen molar-refractivity contribution in [2.24, 2.45) is 0 Å². The van der Waals surface area contributed by atoms with Gasteiger partial charge in [-0.1, -0.05) is 0 Å². The Bertz CT molecular complexity index is 356. The lowest BCUT2D eigenvalue weighted by molar-refractivity contribution is -0.119. The number of hydrogen-bond donors (Lipinski definition) is 3. The SMILES string of the molecule is O=C(CSCC(O)CO)NC1CCS(=O)(=O)C1. The third-order valence-electron chi connectivity index (χ3n) is 2.35. The monoisotopic (exact) mass is 283 g/mol. The predicted octanol–water partition coefficient (Wildman–Crippen LogP) is -1.62. The highest BCUT2D eigenvalue weighted by molar-refractivity contribution is 8.00. The predicted molar refractivity (Wildman–Crippen MR) is 65.6 cm³/mol. The maximum Gasteiger partial charge on any atom is 0.230 e. The minimum atomic E-state index is -2.97. The Morgan fingerprint density at radius 3 is 2.76 bits per heavy atom. The van der Waals surface area contributed by atoms with Gasteiger partial charge in [0.15, 0.2) is 9.84 Å². The Labute approximate surface area is 105 Å². The molecule has 0 spiro atoms. The Kier molecular flexibility index (Phi) is 5.71. The molecule has 3 N–H and O–H groups in total. The van der Waals surface area contributed by atoms with Crippen LogP contribution in [0.4, 0.5) is 0 Å². The lowest BCUT2D eigenvalue weighted by atomic mass is 10.3. The lowest BCUT2D eigenvalue weighted by Gasteiger charge is -2.11. The van der Waals surface area contributed by atoms with Gasteiger partial charge in [0.2, 0.25) is 5.91 Å². The first-order chi connectivity index (χ1) is 7.93. The molecule has 1 saturated heterocycles. The first-order valence-corrected chi connectivity index (χ1v) is 8.27. The maximum absolute atomic E-state index is 11.4. The minimum absolute atomic E-state index is 0.0165. The van der Waals surface area contributed by atoms with E-state index in [9.17, 15) is 13.2 Å². The summed E-state index contributed by atoms with van der Waals surface area (Å²) >= 11 is 1.21. The number of sulfone groups is 1. The van der Waals surface area contributed by atoms with Crippen molar-refractivity contribution < 1.29 is 23.4 Å². The topological polar surface area (TPSA) is 104 Å². The van der Waals surface area contributed by atoms with Gasteiger partial charge in [0.25, 0.3) is 0 Å². The number of amides is 1. The average molecular weight is 283 g/mol. The summed E-state index contributed by atoms with van der Waals surface area (Å²) in [5.74, 6) is 0.361. The summed E-state index contributed by atoms with van der Waals surface area (Å²) in [5.41, 5.74) is 0. The molecular weight excluding hydrogens is 266 g/mol. The van der Waals surface area contributed by atoms with Crippen molar-refractivity contribution in [3.8, 4) is 0 Å². The van der Waals surface area contributed by atoms with E-state index in [4.69, 9.17) is 10.2 Å². The van der Waals surface area contributed by atoms with Crippen LogP contribution in [0.15, 0.2) is 0 Å². The molecule has 0 aromatic heterocycles. The molecule has 0 bridgehead atoms. The summed E-state index contributed by atoms with van der Waals surface area (Å²) in [7, 11) is -2.97. The summed E-state index contributed by atoms with van der Waals surface area (Å²) < 4.78 is 22.3. The molecule has 0 radical (unpaired) electrons. The zero-order valence-corrected chi connectivity index (χ0v) is 11.0. The van der Waals surface area contributed by atoms with Crippen LogP contribution in [0.3, 0.4) is 0 Å². The molecule has 6 nitrogen and oxygen atoms in total. The van der Waals surface area contributed by atoms with Crippen molar-refractivity contribution in [3.63, 3.8) is 0 Å². The van der Waals surface area contributed by atoms with Gasteiger partial charge in [-0.05, 0) is 6.42 Å². The van der Waals surface area contributed by atoms with Crippen LogP contribution >= 0.6 is 11.8 Å². The highest BCUT2D eigenvalue weighted by Crippen LogP contribution is 2.11. The van der Waals surface area contributed by atoms with Crippen LogP contribution in [-0.4, -0.2) is 66.3 Å². The highest BCUT2D eigenvalue weighted by Gasteiger charge is 2.28. The first kappa shape index (κ1) is 14.7. The van der Waals surface area contributed by atoms with Gasteiger partial charge in [-0.15, -0.1) is 11.8 Å². The zero-order chi connectivity index (χ0) is 12.9. The lowest BCUT2D eigenvalue weighted by Crippen LogP contribution is -2.37. The Morgan fingerprint density at radius 2 is 2.24 bits per heavy atom. The van der Waals surface area contributed by atoms with Crippen LogP contribution in [0.1, 0.15) is 6.42 Å². The number of rotatable bonds is 6. The molecule has 1 aliphatic rings. The van der Waals surface area contributed by atoms with E-state index in [1.807, 2.05) is 0 Å². The van der Waals surface area contributed by atoms with Crippen molar-refractivity contribution in [1.29, 1.82) is 0 Å². The van der Waals surface area contributed by atoms with Crippen LogP contribution in [-0.2, 0) is 14.6 Å². The number of thioether (sulfide) groups is 1. The van der Waals surface area contributed by atoms with E-state index in [-0.39, 0.29) is 41.6 Å². The third kappa shape index (κ3) is 5.71. The molecule has 0 aromatic rings. The van der Waals surface area contributed by atoms with Crippen molar-refractivity contribution in [2.75, 3.05) is 29.6 Å². The van der Waals surface area contributed by atoms with Crippen molar-refractivity contribution >= 4 is 27.5 Å². The van der Waals surface area contributed by atoms with E-state index in [0.717, 1.165) is 0 Å². The van der Waals surface area contributed by atoms with Crippen molar-refractivity contribution in [3.05, 3.63) is 0 Å². The molecule has 17 heavy (non-hydrogen) atoms. The molecular formula is C9H17NO5S2. The van der Waals surface area contributed by atoms with Crippen LogP contribution in [0, 0.1) is 0 Å². The number of carbonyl (C=O) groups excluding carboxylic acids is 1. The number of aliphatic hydroxyl groups is 2. The van der Waals surface area contributed by atoms with Gasteiger partial charge < -0.3 is 15.5 Å². The molecule has 1 rings (SSSR count). The van der Waals surface area contributed by atoms with Gasteiger partial charge in [-0.25, -0.2) is 8.42 Å². The molecule has 1 aliphatic heterocycles. The Hall–Kier alpha value is -0.310. The zero-order valence-electron chi connectivity index (χ0n) is 9.33. The second kappa shape index (κ2) is 6.58. The number of carbonyl (C=O) groups is 1. The van der Waals surface area contributed by atoms with E-state index in [1.165, 1.54) is 11.8 Å². The third-order valence-corrected chi connectivity index (χ3v) is 5.21. The summed E-state index contributed by atoms with van der Waals surface area (Å²) in [5, 5.41) is 20.2. The molecule has 1 amide bonds.